The highest BCUT2D eigenvalue weighted by Crippen LogP contribution is 2.31. The summed E-state index contributed by atoms with van der Waals surface area (Å²) < 4.78 is 5.27. The summed E-state index contributed by atoms with van der Waals surface area (Å²) in [4.78, 5) is 14.2. The van der Waals surface area contributed by atoms with Crippen molar-refractivity contribution < 1.29 is 4.74 Å². The lowest BCUT2D eigenvalue weighted by molar-refractivity contribution is 0.384. The van der Waals surface area contributed by atoms with E-state index in [4.69, 9.17) is 4.74 Å². The number of thiazole rings is 1. The van der Waals surface area contributed by atoms with E-state index >= 15 is 0 Å². The van der Waals surface area contributed by atoms with Crippen LogP contribution in [0.25, 0.3) is 0 Å². The van der Waals surface area contributed by atoms with E-state index in [0.29, 0.717) is 5.88 Å². The van der Waals surface area contributed by atoms with Gasteiger partial charge in [-0.25, -0.2) is 9.97 Å². The largest absolute Gasteiger partial charge is 0.480 e. The van der Waals surface area contributed by atoms with Crippen LogP contribution in [0.15, 0.2) is 12.4 Å². The zero-order chi connectivity index (χ0) is 13.1. The first kappa shape index (κ1) is 12.9. The molecule has 0 aliphatic heterocycles. The molecule has 1 unspecified atom stereocenters. The van der Waals surface area contributed by atoms with Crippen molar-refractivity contribution >= 4 is 11.3 Å². The third kappa shape index (κ3) is 2.34. The van der Waals surface area contributed by atoms with Gasteiger partial charge in [0.25, 0.3) is 0 Å². The van der Waals surface area contributed by atoms with Gasteiger partial charge in [0.15, 0.2) is 0 Å². The molecule has 2 aromatic heterocycles. The van der Waals surface area contributed by atoms with Gasteiger partial charge >= 0.3 is 0 Å². The second kappa shape index (κ2) is 5.41. The van der Waals surface area contributed by atoms with Crippen molar-refractivity contribution in [3.05, 3.63) is 33.7 Å². The molecule has 1 N–H and O–H groups in total. The molecule has 1 atom stereocenters. The second-order valence-corrected chi connectivity index (χ2v) is 5.09. The predicted octanol–water partition coefficient (Wildman–Crippen LogP) is 1.87. The summed E-state index contributed by atoms with van der Waals surface area (Å²) in [7, 11) is 3.50. The van der Waals surface area contributed by atoms with E-state index in [1.807, 2.05) is 20.9 Å². The van der Waals surface area contributed by atoms with Gasteiger partial charge in [0.1, 0.15) is 5.69 Å². The van der Waals surface area contributed by atoms with E-state index in [2.05, 4.69) is 20.3 Å². The number of nitrogens with one attached hydrogen (secondary N) is 1. The molecule has 0 spiro atoms. The van der Waals surface area contributed by atoms with E-state index in [1.165, 1.54) is 0 Å². The van der Waals surface area contributed by atoms with Crippen LogP contribution in [0.3, 0.4) is 0 Å². The van der Waals surface area contributed by atoms with E-state index < -0.39 is 0 Å². The van der Waals surface area contributed by atoms with Crippen LogP contribution in [-0.4, -0.2) is 29.1 Å². The predicted molar refractivity (Wildman–Crippen MR) is 71.1 cm³/mol. The number of aryl methyl sites for hydroxylation is 2. The van der Waals surface area contributed by atoms with Gasteiger partial charge in [-0.3, -0.25) is 4.98 Å². The Morgan fingerprint density at radius 3 is 2.56 bits per heavy atom. The Morgan fingerprint density at radius 1 is 1.28 bits per heavy atom. The van der Waals surface area contributed by atoms with Gasteiger partial charge in [-0.05, 0) is 20.9 Å². The van der Waals surface area contributed by atoms with Gasteiger partial charge in [-0.15, -0.1) is 11.3 Å². The van der Waals surface area contributed by atoms with Crippen molar-refractivity contribution in [1.29, 1.82) is 0 Å². The molecule has 0 saturated heterocycles. The summed E-state index contributed by atoms with van der Waals surface area (Å²) in [5.74, 6) is 0.544. The Hall–Kier alpha value is -1.53. The molecular weight excluding hydrogens is 248 g/mol. The van der Waals surface area contributed by atoms with Crippen LogP contribution in [0.2, 0.25) is 0 Å². The Balaban J connectivity index is 2.48. The minimum atomic E-state index is -0.0418. The van der Waals surface area contributed by atoms with E-state index in [-0.39, 0.29) is 6.04 Å². The Bertz CT molecular complexity index is 541. The van der Waals surface area contributed by atoms with Crippen LogP contribution in [-0.2, 0) is 0 Å². The Kier molecular flexibility index (Phi) is 3.88. The molecule has 0 aliphatic carbocycles. The molecule has 0 aromatic carbocycles. The van der Waals surface area contributed by atoms with Crippen molar-refractivity contribution in [2.45, 2.75) is 19.9 Å². The van der Waals surface area contributed by atoms with Gasteiger partial charge < -0.3 is 10.1 Å². The summed E-state index contributed by atoms with van der Waals surface area (Å²) >= 11 is 1.66. The van der Waals surface area contributed by atoms with E-state index in [1.54, 1.807) is 30.8 Å². The summed E-state index contributed by atoms with van der Waals surface area (Å²) in [5.41, 5.74) is 1.80. The molecule has 0 fully saturated rings. The number of ether oxygens (including phenoxy) is 1. The SMILES string of the molecule is CNC(c1nccnc1OC)c1sc(C)nc1C. The fourth-order valence-electron chi connectivity index (χ4n) is 1.90. The average Bonchev–Trinajstić information content (AvgIpc) is 2.70. The maximum absolute atomic E-state index is 5.27. The molecule has 5 nitrogen and oxygen atoms in total. The first-order valence-electron chi connectivity index (χ1n) is 5.63. The number of hydrogen-bond donors (Lipinski definition) is 1. The number of nitrogens with zero attached hydrogens (tertiary/aromatic N) is 3. The molecular formula is C12H16N4OS. The highest BCUT2D eigenvalue weighted by atomic mass is 32.1. The molecule has 2 aromatic rings. The zero-order valence-corrected chi connectivity index (χ0v) is 11.7. The standard InChI is InChI=1S/C12H16N4OS/c1-7-11(18-8(2)16-7)9(13-3)10-12(17-4)15-6-5-14-10/h5-6,9,13H,1-4H3. The smallest absolute Gasteiger partial charge is 0.237 e. The zero-order valence-electron chi connectivity index (χ0n) is 10.9. The normalized spacial score (nSPS) is 12.4. The quantitative estimate of drug-likeness (QED) is 0.913. The van der Waals surface area contributed by atoms with E-state index in [9.17, 15) is 0 Å². The summed E-state index contributed by atoms with van der Waals surface area (Å²) in [5, 5.41) is 4.30. The number of hydrogen-bond acceptors (Lipinski definition) is 6. The number of methoxy groups -OCH3 is 1. The van der Waals surface area contributed by atoms with Crippen LogP contribution < -0.4 is 10.1 Å². The fourth-order valence-corrected chi connectivity index (χ4v) is 2.94. The van der Waals surface area contributed by atoms with Gasteiger partial charge in [0.2, 0.25) is 5.88 Å². The molecule has 0 amide bonds. The van der Waals surface area contributed by atoms with Gasteiger partial charge in [0, 0.05) is 12.4 Å². The van der Waals surface area contributed by atoms with Gasteiger partial charge in [-0.2, -0.15) is 0 Å². The molecule has 0 saturated carbocycles. The molecule has 6 heteroatoms. The highest BCUT2D eigenvalue weighted by molar-refractivity contribution is 7.11. The lowest BCUT2D eigenvalue weighted by Crippen LogP contribution is -2.20. The van der Waals surface area contributed by atoms with Crippen molar-refractivity contribution in [3.8, 4) is 5.88 Å². The van der Waals surface area contributed by atoms with Crippen LogP contribution in [0.5, 0.6) is 5.88 Å². The van der Waals surface area contributed by atoms with Gasteiger partial charge in [-0.1, -0.05) is 0 Å². The van der Waals surface area contributed by atoms with Crippen molar-refractivity contribution in [3.63, 3.8) is 0 Å². The topological polar surface area (TPSA) is 59.9 Å². The molecule has 96 valence electrons. The van der Waals surface area contributed by atoms with Crippen molar-refractivity contribution in [2.75, 3.05) is 14.2 Å². The molecule has 2 heterocycles. The minimum absolute atomic E-state index is 0.0418. The Morgan fingerprint density at radius 2 is 2.00 bits per heavy atom. The number of aromatic nitrogens is 3. The Labute approximate surface area is 110 Å². The minimum Gasteiger partial charge on any atom is -0.480 e. The van der Waals surface area contributed by atoms with Crippen LogP contribution >= 0.6 is 11.3 Å². The summed E-state index contributed by atoms with van der Waals surface area (Å²) in [6, 6.07) is -0.0418. The average molecular weight is 264 g/mol. The third-order valence-electron chi connectivity index (χ3n) is 2.65. The van der Waals surface area contributed by atoms with Crippen molar-refractivity contribution in [1.82, 2.24) is 20.3 Å². The van der Waals surface area contributed by atoms with Gasteiger partial charge in [0.05, 0.1) is 28.7 Å². The third-order valence-corrected chi connectivity index (χ3v) is 3.79. The highest BCUT2D eigenvalue weighted by Gasteiger charge is 2.23. The first-order valence-corrected chi connectivity index (χ1v) is 6.45. The van der Waals surface area contributed by atoms with Crippen LogP contribution in [0, 0.1) is 13.8 Å². The molecule has 0 bridgehead atoms. The molecule has 18 heavy (non-hydrogen) atoms. The second-order valence-electron chi connectivity index (χ2n) is 3.86. The van der Waals surface area contributed by atoms with Crippen LogP contribution in [0.4, 0.5) is 0 Å². The number of rotatable bonds is 4. The monoisotopic (exact) mass is 264 g/mol. The lowest BCUT2D eigenvalue weighted by Gasteiger charge is -2.16. The summed E-state index contributed by atoms with van der Waals surface area (Å²) in [6.07, 6.45) is 3.30. The van der Waals surface area contributed by atoms with Crippen molar-refractivity contribution in [2.24, 2.45) is 0 Å². The first-order chi connectivity index (χ1) is 8.67. The maximum atomic E-state index is 5.27. The van der Waals surface area contributed by atoms with Crippen LogP contribution in [0.1, 0.15) is 27.3 Å². The molecule has 0 aliphatic rings. The molecule has 0 radical (unpaired) electrons. The maximum Gasteiger partial charge on any atom is 0.237 e. The fraction of sp³-hybridized carbons (Fsp3) is 0.417. The summed E-state index contributed by atoms with van der Waals surface area (Å²) in [6.45, 7) is 4.01. The lowest BCUT2D eigenvalue weighted by atomic mass is 10.1. The van der Waals surface area contributed by atoms with E-state index in [0.717, 1.165) is 21.3 Å². The molecule has 2 rings (SSSR count).